The zero-order valence-corrected chi connectivity index (χ0v) is 15.7. The van der Waals surface area contributed by atoms with Gasteiger partial charge in [0, 0.05) is 15.5 Å². The minimum Gasteiger partial charge on any atom is -0.325 e. The number of rotatable bonds is 4. The van der Waals surface area contributed by atoms with E-state index in [-0.39, 0.29) is 11.2 Å². The average molecular weight is 402 g/mol. The van der Waals surface area contributed by atoms with Crippen molar-refractivity contribution in [3.05, 3.63) is 58.8 Å². The third kappa shape index (κ3) is 3.94. The molecular formula is C18H16BrN3OS. The van der Waals surface area contributed by atoms with E-state index in [1.807, 2.05) is 62.4 Å². The van der Waals surface area contributed by atoms with Gasteiger partial charge in [-0.25, -0.2) is 9.97 Å². The number of carbonyl (C=O) groups is 1. The lowest BCUT2D eigenvalue weighted by Gasteiger charge is -2.13. The van der Waals surface area contributed by atoms with Gasteiger partial charge in [0.1, 0.15) is 10.9 Å². The summed E-state index contributed by atoms with van der Waals surface area (Å²) in [5, 5.41) is 4.45. The minimum absolute atomic E-state index is 0.0531. The van der Waals surface area contributed by atoms with Gasteiger partial charge in [0.2, 0.25) is 5.91 Å². The molecule has 0 radical (unpaired) electrons. The van der Waals surface area contributed by atoms with Crippen molar-refractivity contribution in [3.8, 4) is 0 Å². The van der Waals surface area contributed by atoms with E-state index in [2.05, 4.69) is 31.2 Å². The molecule has 0 unspecified atom stereocenters. The Labute approximate surface area is 153 Å². The van der Waals surface area contributed by atoms with Gasteiger partial charge in [0.05, 0.1) is 10.8 Å². The van der Waals surface area contributed by atoms with Gasteiger partial charge in [-0.1, -0.05) is 45.9 Å². The zero-order chi connectivity index (χ0) is 17.1. The number of thioether (sulfide) groups is 1. The summed E-state index contributed by atoms with van der Waals surface area (Å²) >= 11 is 4.83. The summed E-state index contributed by atoms with van der Waals surface area (Å²) in [5.74, 6) is 0.652. The molecule has 3 aromatic rings. The Hall–Kier alpha value is -1.92. The number of fused-ring (bicyclic) bond motifs is 1. The van der Waals surface area contributed by atoms with E-state index in [0.29, 0.717) is 5.82 Å². The maximum Gasteiger partial charge on any atom is 0.237 e. The van der Waals surface area contributed by atoms with E-state index in [9.17, 15) is 4.79 Å². The molecule has 122 valence electrons. The van der Waals surface area contributed by atoms with Crippen LogP contribution in [0.1, 0.15) is 12.7 Å². The fourth-order valence-corrected chi connectivity index (χ4v) is 3.50. The van der Waals surface area contributed by atoms with Gasteiger partial charge in [-0.3, -0.25) is 4.79 Å². The van der Waals surface area contributed by atoms with Crippen LogP contribution in [-0.2, 0) is 4.79 Å². The molecule has 0 aliphatic rings. The van der Waals surface area contributed by atoms with E-state index in [1.165, 1.54) is 11.8 Å². The van der Waals surface area contributed by atoms with Crippen LogP contribution < -0.4 is 5.32 Å². The van der Waals surface area contributed by atoms with Gasteiger partial charge >= 0.3 is 0 Å². The van der Waals surface area contributed by atoms with Crippen LogP contribution in [-0.4, -0.2) is 21.1 Å². The summed E-state index contributed by atoms with van der Waals surface area (Å²) < 4.78 is 0.978. The molecule has 1 heterocycles. The number of benzene rings is 2. The fourth-order valence-electron chi connectivity index (χ4n) is 2.25. The van der Waals surface area contributed by atoms with Gasteiger partial charge in [-0.2, -0.15) is 0 Å². The number of anilines is 1. The van der Waals surface area contributed by atoms with Crippen LogP contribution in [0.3, 0.4) is 0 Å². The highest BCUT2D eigenvalue weighted by atomic mass is 79.9. The maximum absolute atomic E-state index is 12.4. The molecule has 1 amide bonds. The first-order valence-corrected chi connectivity index (χ1v) is 9.16. The van der Waals surface area contributed by atoms with Gasteiger partial charge in [0.15, 0.2) is 0 Å². The number of hydrogen-bond acceptors (Lipinski definition) is 4. The summed E-state index contributed by atoms with van der Waals surface area (Å²) in [7, 11) is 0. The highest BCUT2D eigenvalue weighted by Crippen LogP contribution is 2.29. The molecule has 1 N–H and O–H groups in total. The molecule has 0 aliphatic carbocycles. The van der Waals surface area contributed by atoms with E-state index < -0.39 is 0 Å². The molecule has 0 spiro atoms. The van der Waals surface area contributed by atoms with Crippen molar-refractivity contribution < 1.29 is 4.79 Å². The normalized spacial score (nSPS) is 12.1. The number of aromatic nitrogens is 2. The molecule has 0 saturated heterocycles. The SMILES string of the molecule is Cc1nc(S[C@H](C)C(=O)Nc2ccc(Br)cc2)c2ccccc2n1. The smallest absolute Gasteiger partial charge is 0.237 e. The molecule has 6 heteroatoms. The van der Waals surface area contributed by atoms with Crippen LogP contribution in [0.15, 0.2) is 58.0 Å². The molecule has 24 heavy (non-hydrogen) atoms. The number of carbonyl (C=O) groups excluding carboxylic acids is 1. The lowest BCUT2D eigenvalue weighted by molar-refractivity contribution is -0.115. The Bertz CT molecular complexity index is 883. The van der Waals surface area contributed by atoms with Crippen molar-refractivity contribution >= 4 is 50.2 Å². The van der Waals surface area contributed by atoms with Crippen molar-refractivity contribution in [1.82, 2.24) is 9.97 Å². The molecule has 2 aromatic carbocycles. The number of para-hydroxylation sites is 1. The van der Waals surface area contributed by atoms with Crippen molar-refractivity contribution in [2.24, 2.45) is 0 Å². The molecule has 4 nitrogen and oxygen atoms in total. The standard InChI is InChI=1S/C18H16BrN3OS/c1-11(17(23)22-14-9-7-13(19)8-10-14)24-18-15-5-3-4-6-16(15)20-12(2)21-18/h3-11H,1-2H3,(H,22,23)/t11-/m1/s1. The Morgan fingerprint density at radius 3 is 2.58 bits per heavy atom. The molecule has 1 aromatic heterocycles. The van der Waals surface area contributed by atoms with Gasteiger partial charge < -0.3 is 5.32 Å². The Morgan fingerprint density at radius 2 is 1.83 bits per heavy atom. The summed E-state index contributed by atoms with van der Waals surface area (Å²) in [5.41, 5.74) is 1.67. The molecule has 0 fully saturated rings. The van der Waals surface area contributed by atoms with Gasteiger partial charge in [-0.15, -0.1) is 0 Å². The second-order valence-electron chi connectivity index (χ2n) is 5.35. The van der Waals surface area contributed by atoms with Gasteiger partial charge in [0.25, 0.3) is 0 Å². The third-order valence-corrected chi connectivity index (χ3v) is 5.08. The van der Waals surface area contributed by atoms with E-state index in [4.69, 9.17) is 0 Å². The lowest BCUT2D eigenvalue weighted by Crippen LogP contribution is -2.22. The number of halogens is 1. The second kappa shape index (κ2) is 7.32. The molecule has 1 atom stereocenters. The predicted octanol–water partition coefficient (Wildman–Crippen LogP) is 4.82. The number of nitrogens with zero attached hydrogens (tertiary/aromatic N) is 2. The summed E-state index contributed by atoms with van der Waals surface area (Å²) in [6.45, 7) is 3.74. The summed E-state index contributed by atoms with van der Waals surface area (Å²) in [4.78, 5) is 21.4. The molecule has 0 bridgehead atoms. The summed E-state index contributed by atoms with van der Waals surface area (Å²) in [6, 6.07) is 15.4. The van der Waals surface area contributed by atoms with Gasteiger partial charge in [-0.05, 0) is 44.2 Å². The van der Waals surface area contributed by atoms with Crippen molar-refractivity contribution in [1.29, 1.82) is 0 Å². The van der Waals surface area contributed by atoms with Crippen LogP contribution in [0, 0.1) is 6.92 Å². The molecule has 0 saturated carbocycles. The fraction of sp³-hybridized carbons (Fsp3) is 0.167. The second-order valence-corrected chi connectivity index (χ2v) is 7.59. The van der Waals surface area contributed by atoms with Crippen LogP contribution in [0.2, 0.25) is 0 Å². The highest BCUT2D eigenvalue weighted by molar-refractivity contribution is 9.10. The number of amides is 1. The van der Waals surface area contributed by atoms with Crippen molar-refractivity contribution in [2.75, 3.05) is 5.32 Å². The molecule has 3 rings (SSSR count). The van der Waals surface area contributed by atoms with E-state index in [1.54, 1.807) is 0 Å². The van der Waals surface area contributed by atoms with Crippen LogP contribution in [0.4, 0.5) is 5.69 Å². The Morgan fingerprint density at radius 1 is 1.12 bits per heavy atom. The first kappa shape index (κ1) is 16.9. The Balaban J connectivity index is 1.78. The Kier molecular flexibility index (Phi) is 5.16. The van der Waals surface area contributed by atoms with E-state index in [0.717, 1.165) is 26.1 Å². The molecular weight excluding hydrogens is 386 g/mol. The molecule has 0 aliphatic heterocycles. The predicted molar refractivity (Wildman–Crippen MR) is 102 cm³/mol. The minimum atomic E-state index is -0.272. The topological polar surface area (TPSA) is 54.9 Å². The largest absolute Gasteiger partial charge is 0.325 e. The third-order valence-electron chi connectivity index (χ3n) is 3.45. The first-order chi connectivity index (χ1) is 11.5. The number of aryl methyl sites for hydroxylation is 1. The maximum atomic E-state index is 12.4. The van der Waals surface area contributed by atoms with Crippen LogP contribution in [0.25, 0.3) is 10.9 Å². The summed E-state index contributed by atoms with van der Waals surface area (Å²) in [6.07, 6.45) is 0. The number of hydrogen-bond donors (Lipinski definition) is 1. The van der Waals surface area contributed by atoms with Crippen LogP contribution >= 0.6 is 27.7 Å². The monoisotopic (exact) mass is 401 g/mol. The first-order valence-electron chi connectivity index (χ1n) is 7.49. The average Bonchev–Trinajstić information content (AvgIpc) is 2.56. The zero-order valence-electron chi connectivity index (χ0n) is 13.3. The van der Waals surface area contributed by atoms with Crippen molar-refractivity contribution in [3.63, 3.8) is 0 Å². The highest BCUT2D eigenvalue weighted by Gasteiger charge is 2.17. The lowest BCUT2D eigenvalue weighted by atomic mass is 10.2. The van der Waals surface area contributed by atoms with Crippen LogP contribution in [0.5, 0.6) is 0 Å². The van der Waals surface area contributed by atoms with Crippen molar-refractivity contribution in [2.45, 2.75) is 24.1 Å². The quantitative estimate of drug-likeness (QED) is 0.502. The van der Waals surface area contributed by atoms with E-state index >= 15 is 0 Å². The number of nitrogens with one attached hydrogen (secondary N) is 1.